The molecule has 0 aromatic heterocycles. The van der Waals surface area contributed by atoms with Crippen LogP contribution in [0.3, 0.4) is 0 Å². The molecule has 0 atom stereocenters. The van der Waals surface area contributed by atoms with Gasteiger partial charge in [-0.3, -0.25) is 14.6 Å². The van der Waals surface area contributed by atoms with E-state index in [-0.39, 0.29) is 5.91 Å². The maximum atomic E-state index is 12.4. The van der Waals surface area contributed by atoms with Crippen molar-refractivity contribution in [3.8, 4) is 11.5 Å². The number of hydrogen-bond acceptors (Lipinski definition) is 6. The van der Waals surface area contributed by atoms with Gasteiger partial charge in [0.2, 0.25) is 0 Å². The number of carbonyl (C=O) groups excluding carboxylic acids is 1. The summed E-state index contributed by atoms with van der Waals surface area (Å²) in [5.41, 5.74) is 5.74. The summed E-state index contributed by atoms with van der Waals surface area (Å²) in [4.78, 5) is 16.9. The van der Waals surface area contributed by atoms with E-state index in [1.54, 1.807) is 13.3 Å². The van der Waals surface area contributed by atoms with Gasteiger partial charge in [0.1, 0.15) is 6.61 Å². The molecule has 1 heterocycles. The summed E-state index contributed by atoms with van der Waals surface area (Å²) in [5, 5.41) is 4.88. The van der Waals surface area contributed by atoms with Crippen molar-refractivity contribution < 1.29 is 14.3 Å². The molecule has 0 radical (unpaired) electrons. The molecule has 0 spiro atoms. The molecule has 1 N–H and O–H groups in total. The maximum absolute atomic E-state index is 12.4. The fourth-order valence-corrected chi connectivity index (χ4v) is 4.12. The third-order valence-electron chi connectivity index (χ3n) is 5.98. The molecule has 1 aliphatic rings. The Kier molecular flexibility index (Phi) is 9.33. The lowest BCUT2D eigenvalue weighted by Gasteiger charge is -2.34. The smallest absolute Gasteiger partial charge is 0.254 e. The predicted molar refractivity (Wildman–Crippen MR) is 143 cm³/mol. The Hall–Kier alpha value is -3.39. The normalized spacial score (nSPS) is 14.6. The molecule has 7 nitrogen and oxygen atoms in total. The fourth-order valence-electron chi connectivity index (χ4n) is 3.99. The van der Waals surface area contributed by atoms with E-state index >= 15 is 0 Å². The van der Waals surface area contributed by atoms with Crippen LogP contribution in [0, 0.1) is 0 Å². The van der Waals surface area contributed by atoms with Crippen LogP contribution >= 0.6 is 11.6 Å². The van der Waals surface area contributed by atoms with Crippen LogP contribution in [0.25, 0.3) is 0 Å². The number of ether oxygens (including phenoxy) is 2. The van der Waals surface area contributed by atoms with Crippen LogP contribution in [0.2, 0.25) is 5.02 Å². The van der Waals surface area contributed by atoms with E-state index in [9.17, 15) is 4.79 Å². The highest BCUT2D eigenvalue weighted by molar-refractivity contribution is 6.30. The van der Waals surface area contributed by atoms with Crippen molar-refractivity contribution in [2.45, 2.75) is 13.2 Å². The predicted octanol–water partition coefficient (Wildman–Crippen LogP) is 4.20. The largest absolute Gasteiger partial charge is 0.493 e. The number of amides is 1. The van der Waals surface area contributed by atoms with Crippen LogP contribution < -0.4 is 14.9 Å². The molecule has 0 bridgehead atoms. The number of carbonyl (C=O) groups is 1. The van der Waals surface area contributed by atoms with Gasteiger partial charge in [0, 0.05) is 37.7 Å². The van der Waals surface area contributed by atoms with E-state index in [4.69, 9.17) is 21.1 Å². The van der Waals surface area contributed by atoms with Gasteiger partial charge in [-0.1, -0.05) is 54.1 Å². The van der Waals surface area contributed by atoms with E-state index in [2.05, 4.69) is 32.5 Å². The Balaban J connectivity index is 1.22. The Labute approximate surface area is 217 Å². The van der Waals surface area contributed by atoms with Gasteiger partial charge in [-0.2, -0.15) is 5.10 Å². The molecule has 1 amide bonds. The SMILES string of the molecule is COc1ccc(C=NNC(=O)CN2CCN(Cc3ccc(Cl)cc3)CC2)cc1OCc1ccccc1. The molecule has 0 saturated carbocycles. The summed E-state index contributed by atoms with van der Waals surface area (Å²) in [7, 11) is 1.61. The average Bonchev–Trinajstić information content (AvgIpc) is 2.90. The summed E-state index contributed by atoms with van der Waals surface area (Å²) >= 11 is 5.97. The van der Waals surface area contributed by atoms with Crippen LogP contribution in [0.5, 0.6) is 11.5 Å². The summed E-state index contributed by atoms with van der Waals surface area (Å²) in [6, 6.07) is 23.4. The number of hydrazone groups is 1. The van der Waals surface area contributed by atoms with Crippen LogP contribution in [0.1, 0.15) is 16.7 Å². The van der Waals surface area contributed by atoms with Crippen molar-refractivity contribution in [3.63, 3.8) is 0 Å². The third-order valence-corrected chi connectivity index (χ3v) is 6.23. The molecule has 1 saturated heterocycles. The van der Waals surface area contributed by atoms with Crippen LogP contribution in [0.15, 0.2) is 77.9 Å². The molecule has 1 aliphatic heterocycles. The van der Waals surface area contributed by atoms with Gasteiger partial charge in [0.05, 0.1) is 19.9 Å². The monoisotopic (exact) mass is 506 g/mol. The molecular weight excluding hydrogens is 476 g/mol. The van der Waals surface area contributed by atoms with Crippen molar-refractivity contribution in [2.24, 2.45) is 5.10 Å². The number of halogens is 1. The van der Waals surface area contributed by atoms with Gasteiger partial charge >= 0.3 is 0 Å². The molecule has 1 fully saturated rings. The van der Waals surface area contributed by atoms with E-state index < -0.39 is 0 Å². The highest BCUT2D eigenvalue weighted by atomic mass is 35.5. The quantitative estimate of drug-likeness (QED) is 0.330. The third kappa shape index (κ3) is 7.81. The Morgan fingerprint density at radius 2 is 1.67 bits per heavy atom. The first-order valence-corrected chi connectivity index (χ1v) is 12.3. The maximum Gasteiger partial charge on any atom is 0.254 e. The first kappa shape index (κ1) is 25.7. The molecule has 4 rings (SSSR count). The number of piperazine rings is 1. The summed E-state index contributed by atoms with van der Waals surface area (Å²) in [5.74, 6) is 1.13. The highest BCUT2D eigenvalue weighted by Gasteiger charge is 2.19. The first-order chi connectivity index (χ1) is 17.6. The lowest BCUT2D eigenvalue weighted by atomic mass is 10.2. The van der Waals surface area contributed by atoms with E-state index in [0.717, 1.165) is 48.9 Å². The molecule has 36 heavy (non-hydrogen) atoms. The topological polar surface area (TPSA) is 66.4 Å². The number of nitrogens with zero attached hydrogens (tertiary/aromatic N) is 3. The molecule has 0 aliphatic carbocycles. The van der Waals surface area contributed by atoms with Gasteiger partial charge in [0.15, 0.2) is 11.5 Å². The number of benzene rings is 3. The van der Waals surface area contributed by atoms with Gasteiger partial charge in [-0.05, 0) is 47.0 Å². The molecule has 188 valence electrons. The van der Waals surface area contributed by atoms with Gasteiger partial charge < -0.3 is 9.47 Å². The number of methoxy groups -OCH3 is 1. The van der Waals surface area contributed by atoms with Crippen molar-refractivity contribution in [3.05, 3.63) is 94.5 Å². The Bertz CT molecular complexity index is 1150. The second kappa shape index (κ2) is 13.1. The van der Waals surface area contributed by atoms with E-state index in [1.165, 1.54) is 5.56 Å². The minimum absolute atomic E-state index is 0.133. The van der Waals surface area contributed by atoms with Gasteiger partial charge in [-0.15, -0.1) is 0 Å². The Morgan fingerprint density at radius 3 is 2.39 bits per heavy atom. The lowest BCUT2D eigenvalue weighted by molar-refractivity contribution is -0.122. The number of hydrogen-bond donors (Lipinski definition) is 1. The van der Waals surface area contributed by atoms with Crippen molar-refractivity contribution in [1.29, 1.82) is 0 Å². The average molecular weight is 507 g/mol. The summed E-state index contributed by atoms with van der Waals surface area (Å²) in [6.45, 7) is 5.15. The van der Waals surface area contributed by atoms with Crippen LogP contribution in [-0.2, 0) is 17.9 Å². The Morgan fingerprint density at radius 1 is 0.944 bits per heavy atom. The molecule has 3 aromatic rings. The second-order valence-corrected chi connectivity index (χ2v) is 9.09. The standard InChI is InChI=1S/C28H31ClN4O3/c1-35-26-12-9-24(17-27(26)36-21-23-5-3-2-4-6-23)18-30-31-28(34)20-33-15-13-32(14-16-33)19-22-7-10-25(29)11-8-22/h2-12,17-18H,13-16,19-21H2,1H3,(H,31,34). The molecule has 8 heteroatoms. The zero-order chi connectivity index (χ0) is 25.2. The van der Waals surface area contributed by atoms with Crippen molar-refractivity contribution in [2.75, 3.05) is 39.8 Å². The highest BCUT2D eigenvalue weighted by Crippen LogP contribution is 2.28. The van der Waals surface area contributed by atoms with Gasteiger partial charge in [0.25, 0.3) is 5.91 Å². The van der Waals surface area contributed by atoms with E-state index in [1.807, 2.05) is 60.7 Å². The minimum Gasteiger partial charge on any atom is -0.493 e. The molecular formula is C28H31ClN4O3. The zero-order valence-electron chi connectivity index (χ0n) is 20.4. The minimum atomic E-state index is -0.133. The number of nitrogens with one attached hydrogen (secondary N) is 1. The fraction of sp³-hybridized carbons (Fsp3) is 0.286. The number of rotatable bonds is 10. The van der Waals surface area contributed by atoms with Crippen molar-refractivity contribution in [1.82, 2.24) is 15.2 Å². The molecule has 3 aromatic carbocycles. The lowest BCUT2D eigenvalue weighted by Crippen LogP contribution is -2.48. The molecule has 0 unspecified atom stereocenters. The van der Waals surface area contributed by atoms with Crippen LogP contribution in [0.4, 0.5) is 0 Å². The van der Waals surface area contributed by atoms with Crippen LogP contribution in [-0.4, -0.2) is 61.8 Å². The van der Waals surface area contributed by atoms with Gasteiger partial charge in [-0.25, -0.2) is 5.43 Å². The van der Waals surface area contributed by atoms with E-state index in [0.29, 0.717) is 24.7 Å². The first-order valence-electron chi connectivity index (χ1n) is 11.9. The van der Waals surface area contributed by atoms with Crippen molar-refractivity contribution >= 4 is 23.7 Å². The summed E-state index contributed by atoms with van der Waals surface area (Å²) < 4.78 is 11.4. The zero-order valence-corrected chi connectivity index (χ0v) is 21.2. The summed E-state index contributed by atoms with van der Waals surface area (Å²) in [6.07, 6.45) is 1.61. The second-order valence-electron chi connectivity index (χ2n) is 8.66.